The summed E-state index contributed by atoms with van der Waals surface area (Å²) in [6.45, 7) is 14.6. The highest BCUT2D eigenvalue weighted by Gasteiger charge is 2.49. The molecule has 0 aromatic rings. The van der Waals surface area contributed by atoms with Gasteiger partial charge in [-0.05, 0) is 48.0 Å². The lowest BCUT2D eigenvalue weighted by Crippen LogP contribution is -2.70. The summed E-state index contributed by atoms with van der Waals surface area (Å²) in [6.07, 6.45) is 0.427. The van der Waals surface area contributed by atoms with E-state index in [4.69, 9.17) is 9.47 Å². The Morgan fingerprint density at radius 3 is 2.31 bits per heavy atom. The van der Waals surface area contributed by atoms with Gasteiger partial charge in [0.2, 0.25) is 5.91 Å². The van der Waals surface area contributed by atoms with Crippen molar-refractivity contribution < 1.29 is 23.9 Å². The van der Waals surface area contributed by atoms with Crippen LogP contribution in [0.3, 0.4) is 0 Å². The number of ether oxygens (including phenoxy) is 2. The van der Waals surface area contributed by atoms with Gasteiger partial charge in [-0.25, -0.2) is 9.59 Å². The Morgan fingerprint density at radius 1 is 1.23 bits per heavy atom. The molecule has 3 amide bonds. The molecule has 0 bridgehead atoms. The smallest absolute Gasteiger partial charge is 0.411 e. The number of amides is 3. The van der Waals surface area contributed by atoms with Gasteiger partial charge in [0.05, 0.1) is 6.54 Å². The fraction of sp³-hybridized carbons (Fsp3) is 0.722. The number of nitrogens with one attached hydrogen (secondary N) is 2. The standard InChI is InChI=1S/C18H31N3O5/c1-8-9-18(12-20-14(23)25-16(2,3)4)13(22)19-10-11-21(18)15(24)26-17(5,6)7/h8H,1,9-12H2,2-7H3,(H,19,22)(H,20,23)/t18-/m1/s1. The topological polar surface area (TPSA) is 97.0 Å². The molecular weight excluding hydrogens is 338 g/mol. The fourth-order valence-electron chi connectivity index (χ4n) is 2.59. The van der Waals surface area contributed by atoms with Crippen molar-refractivity contribution in [3.63, 3.8) is 0 Å². The van der Waals surface area contributed by atoms with Crippen LogP contribution >= 0.6 is 0 Å². The summed E-state index contributed by atoms with van der Waals surface area (Å²) in [5, 5.41) is 5.34. The lowest BCUT2D eigenvalue weighted by Gasteiger charge is -2.45. The third-order valence-corrected chi connectivity index (χ3v) is 3.58. The summed E-state index contributed by atoms with van der Waals surface area (Å²) in [4.78, 5) is 38.7. The van der Waals surface area contributed by atoms with Crippen molar-refractivity contribution in [1.29, 1.82) is 0 Å². The number of rotatable bonds is 4. The van der Waals surface area contributed by atoms with Gasteiger partial charge < -0.3 is 20.1 Å². The molecule has 1 aliphatic heterocycles. The van der Waals surface area contributed by atoms with Gasteiger partial charge >= 0.3 is 12.2 Å². The SMILES string of the molecule is C=CC[C@@]1(CNC(=O)OC(C)(C)C)C(=O)NCCN1C(=O)OC(C)(C)C. The summed E-state index contributed by atoms with van der Waals surface area (Å²) in [5.74, 6) is -0.370. The Balaban J connectivity index is 3.06. The molecule has 1 heterocycles. The molecule has 148 valence electrons. The number of nitrogens with zero attached hydrogens (tertiary/aromatic N) is 1. The second kappa shape index (κ2) is 7.97. The number of alkyl carbamates (subject to hydrolysis) is 1. The van der Waals surface area contributed by atoms with E-state index in [9.17, 15) is 14.4 Å². The van der Waals surface area contributed by atoms with Crippen LogP contribution in [0.1, 0.15) is 48.0 Å². The van der Waals surface area contributed by atoms with Crippen molar-refractivity contribution in [3.05, 3.63) is 12.7 Å². The minimum absolute atomic E-state index is 0.112. The van der Waals surface area contributed by atoms with Gasteiger partial charge in [0.25, 0.3) is 0 Å². The monoisotopic (exact) mass is 369 g/mol. The molecule has 1 rings (SSSR count). The first kappa shape index (κ1) is 21.8. The summed E-state index contributed by atoms with van der Waals surface area (Å²) < 4.78 is 10.7. The van der Waals surface area contributed by atoms with Crippen LogP contribution in [-0.4, -0.2) is 59.4 Å². The molecule has 1 fully saturated rings. The highest BCUT2D eigenvalue weighted by Crippen LogP contribution is 2.26. The average Bonchev–Trinajstić information content (AvgIpc) is 2.44. The lowest BCUT2D eigenvalue weighted by atomic mass is 9.89. The van der Waals surface area contributed by atoms with Crippen LogP contribution in [-0.2, 0) is 14.3 Å². The highest BCUT2D eigenvalue weighted by molar-refractivity contribution is 5.92. The van der Waals surface area contributed by atoms with Crippen LogP contribution in [0.15, 0.2) is 12.7 Å². The fourth-order valence-corrected chi connectivity index (χ4v) is 2.59. The summed E-state index contributed by atoms with van der Waals surface area (Å²) in [7, 11) is 0. The zero-order valence-corrected chi connectivity index (χ0v) is 16.6. The molecule has 0 unspecified atom stereocenters. The summed E-state index contributed by atoms with van der Waals surface area (Å²) in [5.41, 5.74) is -2.70. The number of carbonyl (C=O) groups excluding carboxylic acids is 3. The third-order valence-electron chi connectivity index (χ3n) is 3.58. The average molecular weight is 369 g/mol. The molecule has 0 saturated carbocycles. The van der Waals surface area contributed by atoms with Crippen molar-refractivity contribution in [3.8, 4) is 0 Å². The van der Waals surface area contributed by atoms with E-state index >= 15 is 0 Å². The highest BCUT2D eigenvalue weighted by atomic mass is 16.6. The van der Waals surface area contributed by atoms with Crippen LogP contribution in [0.2, 0.25) is 0 Å². The predicted octanol–water partition coefficient (Wildman–Crippen LogP) is 2.19. The van der Waals surface area contributed by atoms with Gasteiger partial charge in [0.15, 0.2) is 0 Å². The van der Waals surface area contributed by atoms with Gasteiger partial charge in [-0.2, -0.15) is 0 Å². The second-order valence-electron chi connectivity index (χ2n) is 8.27. The van der Waals surface area contributed by atoms with Crippen LogP contribution in [0.25, 0.3) is 0 Å². The maximum absolute atomic E-state index is 12.7. The van der Waals surface area contributed by atoms with Crippen molar-refractivity contribution in [2.45, 2.75) is 64.7 Å². The maximum Gasteiger partial charge on any atom is 0.411 e. The van der Waals surface area contributed by atoms with Crippen molar-refractivity contribution >= 4 is 18.1 Å². The number of piperazine rings is 1. The van der Waals surface area contributed by atoms with E-state index in [1.807, 2.05) is 0 Å². The summed E-state index contributed by atoms with van der Waals surface area (Å²) >= 11 is 0. The quantitative estimate of drug-likeness (QED) is 0.741. The second-order valence-corrected chi connectivity index (χ2v) is 8.27. The minimum atomic E-state index is -1.32. The molecular formula is C18H31N3O5. The van der Waals surface area contributed by atoms with Crippen LogP contribution in [0.4, 0.5) is 9.59 Å². The van der Waals surface area contributed by atoms with Gasteiger partial charge in [-0.15, -0.1) is 6.58 Å². The van der Waals surface area contributed by atoms with Gasteiger partial charge in [-0.3, -0.25) is 9.69 Å². The van der Waals surface area contributed by atoms with Gasteiger partial charge in [0.1, 0.15) is 16.7 Å². The van der Waals surface area contributed by atoms with Gasteiger partial charge in [-0.1, -0.05) is 6.08 Å². The predicted molar refractivity (Wildman–Crippen MR) is 97.7 cm³/mol. The van der Waals surface area contributed by atoms with E-state index in [0.29, 0.717) is 6.54 Å². The Kier molecular flexibility index (Phi) is 6.68. The van der Waals surface area contributed by atoms with Crippen molar-refractivity contribution in [2.24, 2.45) is 0 Å². The number of carbonyl (C=O) groups is 3. The first-order valence-electron chi connectivity index (χ1n) is 8.67. The molecule has 1 saturated heterocycles. The van der Waals surface area contributed by atoms with E-state index in [1.54, 1.807) is 47.6 Å². The minimum Gasteiger partial charge on any atom is -0.444 e. The number of hydrogen-bond donors (Lipinski definition) is 2. The van der Waals surface area contributed by atoms with E-state index in [2.05, 4.69) is 17.2 Å². The molecule has 1 atom stereocenters. The Labute approximate surface area is 155 Å². The van der Waals surface area contributed by atoms with Crippen LogP contribution in [0.5, 0.6) is 0 Å². The molecule has 0 aliphatic carbocycles. The zero-order chi connectivity index (χ0) is 20.2. The molecule has 1 aliphatic rings. The third kappa shape index (κ3) is 5.93. The molecule has 0 spiro atoms. The largest absolute Gasteiger partial charge is 0.444 e. The normalized spacial score (nSPS) is 20.8. The van der Waals surface area contributed by atoms with Crippen molar-refractivity contribution in [2.75, 3.05) is 19.6 Å². The van der Waals surface area contributed by atoms with E-state index in [-0.39, 0.29) is 25.4 Å². The first-order valence-corrected chi connectivity index (χ1v) is 8.67. The molecule has 0 aromatic carbocycles. The van der Waals surface area contributed by atoms with E-state index in [1.165, 1.54) is 4.90 Å². The van der Waals surface area contributed by atoms with Crippen LogP contribution in [0, 0.1) is 0 Å². The molecule has 8 nitrogen and oxygen atoms in total. The maximum atomic E-state index is 12.7. The molecule has 8 heteroatoms. The lowest BCUT2D eigenvalue weighted by molar-refractivity contribution is -0.136. The summed E-state index contributed by atoms with van der Waals surface area (Å²) in [6, 6.07) is 0. The molecule has 26 heavy (non-hydrogen) atoms. The van der Waals surface area contributed by atoms with E-state index < -0.39 is 28.9 Å². The molecule has 0 radical (unpaired) electrons. The van der Waals surface area contributed by atoms with Crippen LogP contribution < -0.4 is 10.6 Å². The Morgan fingerprint density at radius 2 is 1.81 bits per heavy atom. The zero-order valence-electron chi connectivity index (χ0n) is 16.6. The Bertz CT molecular complexity index is 562. The van der Waals surface area contributed by atoms with E-state index in [0.717, 1.165) is 0 Å². The molecule has 0 aromatic heterocycles. The number of hydrogen-bond acceptors (Lipinski definition) is 5. The van der Waals surface area contributed by atoms with Crippen molar-refractivity contribution in [1.82, 2.24) is 15.5 Å². The molecule has 2 N–H and O–H groups in total. The Hall–Kier alpha value is -2.25. The first-order chi connectivity index (χ1) is 11.8. The van der Waals surface area contributed by atoms with Gasteiger partial charge in [0, 0.05) is 13.1 Å².